The lowest BCUT2D eigenvalue weighted by Gasteiger charge is -2.20. The Labute approximate surface area is 124 Å². The molecule has 3 nitrogen and oxygen atoms in total. The summed E-state index contributed by atoms with van der Waals surface area (Å²) in [6.45, 7) is 4.58. The SMILES string of the molecule is CCOc1cccc(C(NN)c2cccc(C)c2Cl)c1. The Kier molecular flexibility index (Phi) is 5.01. The number of ether oxygens (including phenoxy) is 1. The third kappa shape index (κ3) is 3.12. The van der Waals surface area contributed by atoms with Gasteiger partial charge in [0.05, 0.1) is 12.6 Å². The molecule has 0 aliphatic heterocycles. The summed E-state index contributed by atoms with van der Waals surface area (Å²) in [6.07, 6.45) is 0. The minimum absolute atomic E-state index is 0.164. The summed E-state index contributed by atoms with van der Waals surface area (Å²) in [7, 11) is 0. The van der Waals surface area contributed by atoms with Crippen molar-refractivity contribution in [1.82, 2.24) is 5.43 Å². The molecule has 0 bridgehead atoms. The van der Waals surface area contributed by atoms with Crippen molar-refractivity contribution >= 4 is 11.6 Å². The Balaban J connectivity index is 2.41. The highest BCUT2D eigenvalue weighted by Crippen LogP contribution is 2.31. The highest BCUT2D eigenvalue weighted by atomic mass is 35.5. The third-order valence-electron chi connectivity index (χ3n) is 3.20. The fourth-order valence-corrected chi connectivity index (χ4v) is 2.44. The molecule has 0 saturated heterocycles. The fraction of sp³-hybridized carbons (Fsp3) is 0.250. The normalized spacial score (nSPS) is 12.2. The van der Waals surface area contributed by atoms with Crippen molar-refractivity contribution in [3.8, 4) is 5.75 Å². The Bertz CT molecular complexity index is 586. The standard InChI is InChI=1S/C16H19ClN2O/c1-3-20-13-8-5-7-12(10-13)16(19-18)14-9-4-6-11(2)15(14)17/h4-10,16,19H,3,18H2,1-2H3. The van der Waals surface area contributed by atoms with Crippen LogP contribution in [0.5, 0.6) is 5.75 Å². The first-order valence-corrected chi connectivity index (χ1v) is 6.99. The van der Waals surface area contributed by atoms with Crippen LogP contribution >= 0.6 is 11.6 Å². The minimum Gasteiger partial charge on any atom is -0.494 e. The van der Waals surface area contributed by atoms with Crippen molar-refractivity contribution in [1.29, 1.82) is 0 Å². The summed E-state index contributed by atoms with van der Waals surface area (Å²) in [6, 6.07) is 13.6. The van der Waals surface area contributed by atoms with Gasteiger partial charge in [-0.3, -0.25) is 5.84 Å². The lowest BCUT2D eigenvalue weighted by atomic mass is 9.97. The van der Waals surface area contributed by atoms with Gasteiger partial charge in [-0.2, -0.15) is 0 Å². The number of hydrogen-bond donors (Lipinski definition) is 2. The summed E-state index contributed by atoms with van der Waals surface area (Å²) in [5.74, 6) is 6.56. The molecule has 0 aromatic heterocycles. The van der Waals surface area contributed by atoms with Crippen LogP contribution in [0.25, 0.3) is 0 Å². The number of rotatable bonds is 5. The molecule has 2 aromatic rings. The minimum atomic E-state index is -0.164. The van der Waals surface area contributed by atoms with Crippen LogP contribution in [0.3, 0.4) is 0 Å². The van der Waals surface area contributed by atoms with Crippen molar-refractivity contribution in [2.24, 2.45) is 5.84 Å². The molecule has 0 radical (unpaired) electrons. The second kappa shape index (κ2) is 6.75. The van der Waals surface area contributed by atoms with Crippen LogP contribution in [0.15, 0.2) is 42.5 Å². The van der Waals surface area contributed by atoms with Crippen LogP contribution in [0.4, 0.5) is 0 Å². The molecule has 106 valence electrons. The van der Waals surface area contributed by atoms with Gasteiger partial charge >= 0.3 is 0 Å². The number of hydrogen-bond acceptors (Lipinski definition) is 3. The third-order valence-corrected chi connectivity index (χ3v) is 3.72. The number of halogens is 1. The van der Waals surface area contributed by atoms with Gasteiger partial charge in [0.25, 0.3) is 0 Å². The molecule has 0 spiro atoms. The molecule has 1 unspecified atom stereocenters. The van der Waals surface area contributed by atoms with Gasteiger partial charge in [-0.05, 0) is 42.7 Å². The zero-order valence-electron chi connectivity index (χ0n) is 11.7. The summed E-state index contributed by atoms with van der Waals surface area (Å²) in [5, 5.41) is 0.734. The smallest absolute Gasteiger partial charge is 0.119 e. The first-order chi connectivity index (χ1) is 9.67. The zero-order valence-corrected chi connectivity index (χ0v) is 12.4. The molecule has 4 heteroatoms. The average Bonchev–Trinajstić information content (AvgIpc) is 2.45. The van der Waals surface area contributed by atoms with Crippen molar-refractivity contribution in [2.75, 3.05) is 6.61 Å². The second-order valence-electron chi connectivity index (χ2n) is 4.58. The van der Waals surface area contributed by atoms with Gasteiger partial charge in [0.1, 0.15) is 5.75 Å². The van der Waals surface area contributed by atoms with E-state index in [1.54, 1.807) is 0 Å². The van der Waals surface area contributed by atoms with Crippen molar-refractivity contribution in [2.45, 2.75) is 19.9 Å². The van der Waals surface area contributed by atoms with Crippen molar-refractivity contribution in [3.63, 3.8) is 0 Å². The first-order valence-electron chi connectivity index (χ1n) is 6.61. The molecule has 0 aliphatic carbocycles. The largest absolute Gasteiger partial charge is 0.494 e. The van der Waals surface area contributed by atoms with Crippen LogP contribution in [0.1, 0.15) is 29.7 Å². The molecule has 20 heavy (non-hydrogen) atoms. The number of hydrazine groups is 1. The fourth-order valence-electron chi connectivity index (χ4n) is 2.21. The van der Waals surface area contributed by atoms with E-state index >= 15 is 0 Å². The van der Waals surface area contributed by atoms with E-state index in [1.807, 2.05) is 56.3 Å². The maximum Gasteiger partial charge on any atom is 0.119 e. The predicted molar refractivity (Wildman–Crippen MR) is 83.0 cm³/mol. The molecule has 3 N–H and O–H groups in total. The van der Waals surface area contributed by atoms with E-state index in [0.717, 1.165) is 27.5 Å². The van der Waals surface area contributed by atoms with E-state index in [1.165, 1.54) is 0 Å². The predicted octanol–water partition coefficient (Wildman–Crippen LogP) is 3.60. The molecule has 1 atom stereocenters. The summed E-state index contributed by atoms with van der Waals surface area (Å²) in [4.78, 5) is 0. The lowest BCUT2D eigenvalue weighted by Crippen LogP contribution is -2.29. The van der Waals surface area contributed by atoms with E-state index in [4.69, 9.17) is 22.2 Å². The van der Waals surface area contributed by atoms with Gasteiger partial charge in [-0.15, -0.1) is 0 Å². The number of aryl methyl sites for hydroxylation is 1. The van der Waals surface area contributed by atoms with Crippen LogP contribution < -0.4 is 16.0 Å². The number of nitrogens with one attached hydrogen (secondary N) is 1. The Morgan fingerprint density at radius 3 is 2.70 bits per heavy atom. The molecule has 0 saturated carbocycles. The van der Waals surface area contributed by atoms with E-state index in [9.17, 15) is 0 Å². The molecule has 0 aliphatic rings. The van der Waals surface area contributed by atoms with Crippen molar-refractivity contribution in [3.05, 3.63) is 64.2 Å². The first kappa shape index (κ1) is 14.9. The molecule has 2 rings (SSSR count). The van der Waals surface area contributed by atoms with Gasteiger partial charge in [0, 0.05) is 5.02 Å². The van der Waals surface area contributed by atoms with E-state index in [0.29, 0.717) is 6.61 Å². The van der Waals surface area contributed by atoms with Crippen LogP contribution in [0, 0.1) is 6.92 Å². The van der Waals surface area contributed by atoms with Crippen LogP contribution in [-0.4, -0.2) is 6.61 Å². The van der Waals surface area contributed by atoms with Gasteiger partial charge in [0.2, 0.25) is 0 Å². The van der Waals surface area contributed by atoms with Gasteiger partial charge in [0.15, 0.2) is 0 Å². The quantitative estimate of drug-likeness (QED) is 0.653. The zero-order chi connectivity index (χ0) is 14.5. The Morgan fingerprint density at radius 2 is 2.00 bits per heavy atom. The van der Waals surface area contributed by atoms with E-state index in [-0.39, 0.29) is 6.04 Å². The molecular weight excluding hydrogens is 272 g/mol. The summed E-state index contributed by atoms with van der Waals surface area (Å²) < 4.78 is 5.53. The number of benzene rings is 2. The second-order valence-corrected chi connectivity index (χ2v) is 4.96. The average molecular weight is 291 g/mol. The Morgan fingerprint density at radius 1 is 1.25 bits per heavy atom. The maximum absolute atomic E-state index is 6.39. The Hall–Kier alpha value is -1.55. The molecule has 0 fully saturated rings. The van der Waals surface area contributed by atoms with Crippen LogP contribution in [0.2, 0.25) is 5.02 Å². The number of nitrogens with two attached hydrogens (primary N) is 1. The summed E-state index contributed by atoms with van der Waals surface area (Å²) >= 11 is 6.39. The maximum atomic E-state index is 6.39. The monoisotopic (exact) mass is 290 g/mol. The highest BCUT2D eigenvalue weighted by molar-refractivity contribution is 6.32. The highest BCUT2D eigenvalue weighted by Gasteiger charge is 2.17. The lowest BCUT2D eigenvalue weighted by molar-refractivity contribution is 0.339. The van der Waals surface area contributed by atoms with Crippen molar-refractivity contribution < 1.29 is 4.74 Å². The molecule has 0 amide bonds. The molecular formula is C16H19ClN2O. The summed E-state index contributed by atoms with van der Waals surface area (Å²) in [5.41, 5.74) is 5.85. The van der Waals surface area contributed by atoms with Gasteiger partial charge < -0.3 is 4.74 Å². The molecule has 0 heterocycles. The van der Waals surface area contributed by atoms with Gasteiger partial charge in [-0.1, -0.05) is 41.9 Å². The van der Waals surface area contributed by atoms with Crippen LogP contribution in [-0.2, 0) is 0 Å². The topological polar surface area (TPSA) is 47.3 Å². The molecule has 2 aromatic carbocycles. The van der Waals surface area contributed by atoms with Gasteiger partial charge in [-0.25, -0.2) is 5.43 Å². The van der Waals surface area contributed by atoms with E-state index in [2.05, 4.69) is 5.43 Å². The van der Waals surface area contributed by atoms with E-state index < -0.39 is 0 Å².